The molecule has 2 rings (SSSR count). The first-order chi connectivity index (χ1) is 15.8. The smallest absolute Gasteiger partial charge is 0.192 e. The van der Waals surface area contributed by atoms with Crippen LogP contribution in [0.4, 0.5) is 0 Å². The van der Waals surface area contributed by atoms with Crippen molar-refractivity contribution in [3.63, 3.8) is 0 Å². The average molecular weight is 501 g/mol. The van der Waals surface area contributed by atoms with E-state index in [1.54, 1.807) is 7.11 Å². The summed E-state index contributed by atoms with van der Waals surface area (Å²) in [5, 5.41) is 0.257. The van der Waals surface area contributed by atoms with E-state index in [2.05, 4.69) is 52.9 Å². The Labute approximate surface area is 210 Å². The van der Waals surface area contributed by atoms with Crippen molar-refractivity contribution in [1.29, 1.82) is 0 Å². The molecule has 0 bridgehead atoms. The first-order valence-electron chi connectivity index (χ1n) is 13.2. The summed E-state index contributed by atoms with van der Waals surface area (Å²) < 4.78 is 35.2. The monoisotopic (exact) mass is 500 g/mol. The van der Waals surface area contributed by atoms with Crippen molar-refractivity contribution in [2.75, 3.05) is 33.7 Å². The van der Waals surface area contributed by atoms with Crippen LogP contribution in [0.2, 0.25) is 18.1 Å². The largest absolute Gasteiger partial charge is 0.414 e. The summed E-state index contributed by atoms with van der Waals surface area (Å²) in [6.07, 6.45) is 10.7. The molecule has 34 heavy (non-hydrogen) atoms. The molecule has 0 N–H and O–H groups in total. The number of hydrogen-bond acceptors (Lipinski definition) is 6. The highest BCUT2D eigenvalue weighted by Crippen LogP contribution is 2.42. The van der Waals surface area contributed by atoms with E-state index in [0.29, 0.717) is 44.6 Å². The molecule has 6 nitrogen and oxygen atoms in total. The van der Waals surface area contributed by atoms with Gasteiger partial charge in [0, 0.05) is 13.2 Å². The van der Waals surface area contributed by atoms with Crippen molar-refractivity contribution < 1.29 is 28.1 Å². The molecule has 0 amide bonds. The number of hydrogen-bond donors (Lipinski definition) is 0. The van der Waals surface area contributed by atoms with Crippen molar-refractivity contribution in [2.24, 2.45) is 11.8 Å². The van der Waals surface area contributed by atoms with Gasteiger partial charge in [0.15, 0.2) is 14.1 Å². The van der Waals surface area contributed by atoms with Crippen molar-refractivity contribution in [1.82, 2.24) is 0 Å². The molecule has 200 valence electrons. The predicted molar refractivity (Wildman–Crippen MR) is 139 cm³/mol. The average Bonchev–Trinajstić information content (AvgIpc) is 3.28. The maximum Gasteiger partial charge on any atom is 0.192 e. The van der Waals surface area contributed by atoms with Gasteiger partial charge in [-0.2, -0.15) is 0 Å². The fourth-order valence-corrected chi connectivity index (χ4v) is 6.12. The topological polar surface area (TPSA) is 55.4 Å². The van der Waals surface area contributed by atoms with Gasteiger partial charge in [-0.1, -0.05) is 32.9 Å². The summed E-state index contributed by atoms with van der Waals surface area (Å²) in [5.41, 5.74) is 0. The van der Waals surface area contributed by atoms with Crippen molar-refractivity contribution in [3.8, 4) is 0 Å². The van der Waals surface area contributed by atoms with Crippen LogP contribution in [0.3, 0.4) is 0 Å². The fraction of sp³-hybridized carbons (Fsp3) is 0.926. The van der Waals surface area contributed by atoms with Crippen LogP contribution in [0.5, 0.6) is 0 Å². The molecule has 2 fully saturated rings. The van der Waals surface area contributed by atoms with Gasteiger partial charge in [-0.15, -0.1) is 0 Å². The van der Waals surface area contributed by atoms with Gasteiger partial charge in [0.25, 0.3) is 0 Å². The third-order valence-electron chi connectivity index (χ3n) is 7.61. The SMILES string of the molecule is COCCOCO[C@@H]1C[C@@H]([C@H]2COC(C)(C)O2)[C@H](/C=C/CCC[C@H](C)O[Si](C)(C)C(C)(C)C)C1. The lowest BCUT2D eigenvalue weighted by atomic mass is 9.90. The van der Waals surface area contributed by atoms with E-state index in [-0.39, 0.29) is 17.2 Å². The number of methoxy groups -OCH3 is 1. The molecule has 0 spiro atoms. The Kier molecular flexibility index (Phi) is 11.7. The van der Waals surface area contributed by atoms with E-state index in [1.807, 2.05) is 13.8 Å². The first-order valence-corrected chi connectivity index (χ1v) is 16.1. The Morgan fingerprint density at radius 2 is 1.88 bits per heavy atom. The van der Waals surface area contributed by atoms with Crippen molar-refractivity contribution in [2.45, 2.75) is 116 Å². The highest BCUT2D eigenvalue weighted by atomic mass is 28.4. The summed E-state index contributed by atoms with van der Waals surface area (Å²) in [7, 11) is -0.0187. The zero-order valence-corrected chi connectivity index (χ0v) is 24.4. The number of rotatable bonds is 14. The molecule has 7 heteroatoms. The molecule has 0 aromatic carbocycles. The number of allylic oxidation sites excluding steroid dienone is 2. The molecule has 1 saturated carbocycles. The van der Waals surface area contributed by atoms with Crippen LogP contribution >= 0.6 is 0 Å². The van der Waals surface area contributed by atoms with Gasteiger partial charge in [0.05, 0.1) is 32.0 Å². The summed E-state index contributed by atoms with van der Waals surface area (Å²) >= 11 is 0. The minimum atomic E-state index is -1.70. The molecule has 2 aliphatic rings. The molecular formula is C27H52O6Si. The lowest BCUT2D eigenvalue weighted by Crippen LogP contribution is -2.43. The molecule has 1 saturated heterocycles. The zero-order valence-electron chi connectivity index (χ0n) is 23.4. The van der Waals surface area contributed by atoms with Crippen LogP contribution < -0.4 is 0 Å². The van der Waals surface area contributed by atoms with E-state index in [4.69, 9.17) is 28.1 Å². The molecule has 0 radical (unpaired) electrons. The number of unbranched alkanes of at least 4 members (excludes halogenated alkanes) is 1. The van der Waals surface area contributed by atoms with E-state index in [0.717, 1.165) is 32.1 Å². The van der Waals surface area contributed by atoms with E-state index in [9.17, 15) is 0 Å². The quantitative estimate of drug-likeness (QED) is 0.121. The van der Waals surface area contributed by atoms with Gasteiger partial charge in [-0.05, 0) is 82.8 Å². The predicted octanol–water partition coefficient (Wildman–Crippen LogP) is 6.31. The molecule has 0 unspecified atom stereocenters. The van der Waals surface area contributed by atoms with Crippen LogP contribution in [0.15, 0.2) is 12.2 Å². The zero-order chi connectivity index (χ0) is 25.4. The Hall–Kier alpha value is -0.283. The molecule has 0 aromatic heterocycles. The molecule has 1 aliphatic carbocycles. The van der Waals surface area contributed by atoms with Crippen molar-refractivity contribution >= 4 is 8.32 Å². The molecule has 1 heterocycles. The third kappa shape index (κ3) is 9.64. The Balaban J connectivity index is 1.82. The number of ether oxygens (including phenoxy) is 5. The molecule has 5 atom stereocenters. The second-order valence-electron chi connectivity index (χ2n) is 12.0. The second-order valence-corrected chi connectivity index (χ2v) is 16.8. The summed E-state index contributed by atoms with van der Waals surface area (Å²) in [5.74, 6) is 0.344. The van der Waals surface area contributed by atoms with Gasteiger partial charge in [0.1, 0.15) is 6.79 Å². The summed E-state index contributed by atoms with van der Waals surface area (Å²) in [4.78, 5) is 0. The molecule has 0 aromatic rings. The lowest BCUT2D eigenvalue weighted by molar-refractivity contribution is -0.146. The Morgan fingerprint density at radius 3 is 2.50 bits per heavy atom. The Morgan fingerprint density at radius 1 is 1.15 bits per heavy atom. The van der Waals surface area contributed by atoms with E-state index < -0.39 is 14.1 Å². The van der Waals surface area contributed by atoms with Crippen LogP contribution in [0.1, 0.15) is 73.6 Å². The van der Waals surface area contributed by atoms with Gasteiger partial charge in [-0.3, -0.25) is 0 Å². The fourth-order valence-electron chi connectivity index (χ4n) is 4.64. The van der Waals surface area contributed by atoms with Gasteiger partial charge >= 0.3 is 0 Å². The first kappa shape index (κ1) is 29.9. The molecular weight excluding hydrogens is 448 g/mol. The van der Waals surface area contributed by atoms with Crippen molar-refractivity contribution in [3.05, 3.63) is 12.2 Å². The third-order valence-corrected chi connectivity index (χ3v) is 12.2. The van der Waals surface area contributed by atoms with Crippen LogP contribution in [-0.2, 0) is 28.1 Å². The van der Waals surface area contributed by atoms with Gasteiger partial charge in [-0.25, -0.2) is 0 Å². The van der Waals surface area contributed by atoms with Crippen LogP contribution in [0, 0.1) is 11.8 Å². The maximum atomic E-state index is 6.51. The van der Waals surface area contributed by atoms with Crippen LogP contribution in [-0.4, -0.2) is 66.1 Å². The van der Waals surface area contributed by atoms with Crippen LogP contribution in [0.25, 0.3) is 0 Å². The maximum absolute atomic E-state index is 6.51. The van der Waals surface area contributed by atoms with E-state index >= 15 is 0 Å². The normalized spacial score (nSPS) is 28.7. The standard InChI is InChI=1S/C27H52O6Si/c1-21(33-34(8,9)26(2,3)4)13-11-10-12-14-22-17-23(30-20-29-16-15-28-7)18-24(22)25-19-31-27(5,6)32-25/h12,14,21-25H,10-11,13,15-20H2,1-9H3/b14-12+/t21-,22+,23-,24+,25+/m0/s1. The second kappa shape index (κ2) is 13.3. The minimum Gasteiger partial charge on any atom is -0.414 e. The Bertz CT molecular complexity index is 615. The molecule has 1 aliphatic heterocycles. The highest BCUT2D eigenvalue weighted by Gasteiger charge is 2.44. The summed E-state index contributed by atoms with van der Waals surface area (Å²) in [6.45, 7) is 19.9. The van der Waals surface area contributed by atoms with Gasteiger partial charge < -0.3 is 28.1 Å². The lowest BCUT2D eigenvalue weighted by Gasteiger charge is -2.38. The van der Waals surface area contributed by atoms with Gasteiger partial charge in [0.2, 0.25) is 0 Å². The minimum absolute atomic E-state index is 0.116. The highest BCUT2D eigenvalue weighted by molar-refractivity contribution is 6.74. The summed E-state index contributed by atoms with van der Waals surface area (Å²) in [6, 6.07) is 0. The van der Waals surface area contributed by atoms with E-state index in [1.165, 1.54) is 0 Å².